The van der Waals surface area contributed by atoms with E-state index >= 15 is 0 Å². The topological polar surface area (TPSA) is 17.8 Å². The van der Waals surface area contributed by atoms with Crippen molar-refractivity contribution in [3.8, 4) is 0 Å². The lowest BCUT2D eigenvalue weighted by molar-refractivity contribution is 0.699. The monoisotopic (exact) mass is 174 g/mol. The molecule has 0 aliphatic heterocycles. The van der Waals surface area contributed by atoms with Crippen LogP contribution in [0.5, 0.6) is 0 Å². The quantitative estimate of drug-likeness (QED) is 0.639. The Morgan fingerprint density at radius 3 is 2.85 bits per heavy atom. The van der Waals surface area contributed by atoms with Gasteiger partial charge in [-0.2, -0.15) is 5.10 Å². The molecule has 68 valence electrons. The highest BCUT2D eigenvalue weighted by molar-refractivity contribution is 5.24. The minimum absolute atomic E-state index is 0.477. The Kier molecular flexibility index (Phi) is 2.05. The van der Waals surface area contributed by atoms with Crippen molar-refractivity contribution in [1.29, 1.82) is 0 Å². The van der Waals surface area contributed by atoms with Crippen molar-refractivity contribution in [2.75, 3.05) is 0 Å². The summed E-state index contributed by atoms with van der Waals surface area (Å²) in [6.45, 7) is 2.08. The second-order valence-corrected chi connectivity index (χ2v) is 3.49. The highest BCUT2D eigenvalue weighted by Crippen LogP contribution is 2.23. The Morgan fingerprint density at radius 2 is 2.31 bits per heavy atom. The molecule has 1 atom stereocenters. The highest BCUT2D eigenvalue weighted by Gasteiger charge is 2.12. The summed E-state index contributed by atoms with van der Waals surface area (Å²) in [5.74, 6) is 0.477. The summed E-state index contributed by atoms with van der Waals surface area (Å²) < 4.78 is 1.93. The minimum Gasteiger partial charge on any atom is -0.273 e. The van der Waals surface area contributed by atoms with E-state index in [0.29, 0.717) is 5.92 Å². The molecule has 0 saturated heterocycles. The van der Waals surface area contributed by atoms with Gasteiger partial charge in [0, 0.05) is 18.7 Å². The molecule has 1 unspecified atom stereocenters. The Bertz CT molecular complexity index is 339. The highest BCUT2D eigenvalue weighted by atomic mass is 15.3. The second kappa shape index (κ2) is 3.21. The molecule has 2 heteroatoms. The molecule has 0 saturated carbocycles. The van der Waals surface area contributed by atoms with Gasteiger partial charge in [-0.15, -0.1) is 0 Å². The summed E-state index contributed by atoms with van der Waals surface area (Å²) >= 11 is 0. The lowest BCUT2D eigenvalue weighted by atomic mass is 9.97. The first kappa shape index (κ1) is 8.30. The zero-order valence-electron chi connectivity index (χ0n) is 8.07. The molecule has 0 amide bonds. The van der Waals surface area contributed by atoms with E-state index in [0.717, 1.165) is 6.42 Å². The molecule has 0 radical (unpaired) electrons. The summed E-state index contributed by atoms with van der Waals surface area (Å²) in [5.41, 5.74) is 2.40. The summed E-state index contributed by atoms with van der Waals surface area (Å²) in [4.78, 5) is 0. The third kappa shape index (κ3) is 1.57. The molecular weight excluding hydrogens is 160 g/mol. The molecule has 1 aliphatic carbocycles. The molecule has 1 aromatic rings. The second-order valence-electron chi connectivity index (χ2n) is 3.49. The molecule has 1 aliphatic rings. The number of allylic oxidation sites excluding steroid dienone is 4. The molecule has 1 heterocycles. The maximum Gasteiger partial charge on any atom is 0.0699 e. The molecule has 13 heavy (non-hydrogen) atoms. The number of hydrogen-bond acceptors (Lipinski definition) is 1. The van der Waals surface area contributed by atoms with E-state index in [4.69, 9.17) is 0 Å². The molecule has 1 aromatic heterocycles. The van der Waals surface area contributed by atoms with Gasteiger partial charge in [0.1, 0.15) is 0 Å². The minimum atomic E-state index is 0.477. The lowest BCUT2D eigenvalue weighted by Crippen LogP contribution is -1.99. The lowest BCUT2D eigenvalue weighted by Gasteiger charge is -2.08. The van der Waals surface area contributed by atoms with Crippen molar-refractivity contribution >= 4 is 0 Å². The van der Waals surface area contributed by atoms with Crippen LogP contribution in [-0.2, 0) is 7.05 Å². The van der Waals surface area contributed by atoms with E-state index in [2.05, 4.69) is 42.4 Å². The van der Waals surface area contributed by atoms with Crippen molar-refractivity contribution in [1.82, 2.24) is 9.78 Å². The molecule has 0 N–H and O–H groups in total. The van der Waals surface area contributed by atoms with Crippen molar-refractivity contribution < 1.29 is 0 Å². The third-order valence-electron chi connectivity index (χ3n) is 2.49. The van der Waals surface area contributed by atoms with Crippen LogP contribution in [0.15, 0.2) is 30.4 Å². The molecule has 2 rings (SSSR count). The average molecular weight is 174 g/mol. The van der Waals surface area contributed by atoms with E-state index in [1.807, 2.05) is 11.7 Å². The summed E-state index contributed by atoms with van der Waals surface area (Å²) in [6, 6.07) is 2.16. The fraction of sp³-hybridized carbons (Fsp3) is 0.364. The first-order chi connectivity index (χ1) is 6.27. The van der Waals surface area contributed by atoms with E-state index < -0.39 is 0 Å². The standard InChI is InChI=1S/C11H14N2/c1-9-8-11(12-13(9)2)10-6-4-3-5-7-10/h3-6,8,10H,7H2,1-2H3. The Morgan fingerprint density at radius 1 is 1.46 bits per heavy atom. The van der Waals surface area contributed by atoms with Crippen LogP contribution in [0.4, 0.5) is 0 Å². The third-order valence-corrected chi connectivity index (χ3v) is 2.49. The summed E-state index contributed by atoms with van der Waals surface area (Å²) in [7, 11) is 1.99. The predicted molar refractivity (Wildman–Crippen MR) is 53.6 cm³/mol. The molecular formula is C11H14N2. The SMILES string of the molecule is Cc1cc(C2C=CC=CC2)nn1C. The van der Waals surface area contributed by atoms with Crippen molar-refractivity contribution in [2.45, 2.75) is 19.3 Å². The largest absolute Gasteiger partial charge is 0.273 e. The number of aromatic nitrogens is 2. The summed E-state index contributed by atoms with van der Waals surface area (Å²) in [6.07, 6.45) is 9.66. The number of nitrogens with zero attached hydrogens (tertiary/aromatic N) is 2. The van der Waals surface area contributed by atoms with Crippen LogP contribution in [-0.4, -0.2) is 9.78 Å². The van der Waals surface area contributed by atoms with E-state index in [9.17, 15) is 0 Å². The number of aryl methyl sites for hydroxylation is 2. The van der Waals surface area contributed by atoms with Crippen LogP contribution in [0.1, 0.15) is 23.7 Å². The zero-order chi connectivity index (χ0) is 9.26. The van der Waals surface area contributed by atoms with Gasteiger partial charge in [-0.25, -0.2) is 0 Å². The Labute approximate surface area is 78.6 Å². The molecule has 0 spiro atoms. The van der Waals surface area contributed by atoms with Crippen molar-refractivity contribution in [3.05, 3.63) is 41.8 Å². The van der Waals surface area contributed by atoms with E-state index in [1.54, 1.807) is 0 Å². The maximum atomic E-state index is 4.47. The zero-order valence-corrected chi connectivity index (χ0v) is 8.07. The van der Waals surface area contributed by atoms with Crippen LogP contribution >= 0.6 is 0 Å². The van der Waals surface area contributed by atoms with Gasteiger partial charge in [0.25, 0.3) is 0 Å². The Hall–Kier alpha value is -1.31. The fourth-order valence-electron chi connectivity index (χ4n) is 1.57. The first-order valence-corrected chi connectivity index (χ1v) is 4.61. The predicted octanol–water partition coefficient (Wildman–Crippen LogP) is 2.33. The smallest absolute Gasteiger partial charge is 0.0699 e. The molecule has 0 bridgehead atoms. The van der Waals surface area contributed by atoms with Gasteiger partial charge in [0.2, 0.25) is 0 Å². The average Bonchev–Trinajstić information content (AvgIpc) is 2.49. The van der Waals surface area contributed by atoms with Crippen molar-refractivity contribution in [2.24, 2.45) is 7.05 Å². The van der Waals surface area contributed by atoms with Gasteiger partial charge in [0.05, 0.1) is 5.69 Å². The molecule has 2 nitrogen and oxygen atoms in total. The first-order valence-electron chi connectivity index (χ1n) is 4.61. The molecule has 0 aromatic carbocycles. The van der Waals surface area contributed by atoms with Gasteiger partial charge in [0.15, 0.2) is 0 Å². The van der Waals surface area contributed by atoms with Crippen LogP contribution in [0.25, 0.3) is 0 Å². The van der Waals surface area contributed by atoms with Crippen LogP contribution in [0.2, 0.25) is 0 Å². The van der Waals surface area contributed by atoms with Crippen LogP contribution < -0.4 is 0 Å². The number of hydrogen-bond donors (Lipinski definition) is 0. The summed E-state index contributed by atoms with van der Waals surface area (Å²) in [5, 5.41) is 4.47. The van der Waals surface area contributed by atoms with Gasteiger partial charge < -0.3 is 0 Å². The van der Waals surface area contributed by atoms with E-state index in [1.165, 1.54) is 11.4 Å². The molecule has 0 fully saturated rings. The normalized spacial score (nSPS) is 20.9. The van der Waals surface area contributed by atoms with Crippen LogP contribution in [0, 0.1) is 6.92 Å². The number of rotatable bonds is 1. The fourth-order valence-corrected chi connectivity index (χ4v) is 1.57. The van der Waals surface area contributed by atoms with Gasteiger partial charge in [-0.05, 0) is 19.4 Å². The maximum absolute atomic E-state index is 4.47. The van der Waals surface area contributed by atoms with E-state index in [-0.39, 0.29) is 0 Å². The van der Waals surface area contributed by atoms with Gasteiger partial charge in [-0.3, -0.25) is 4.68 Å². The van der Waals surface area contributed by atoms with Gasteiger partial charge in [-0.1, -0.05) is 24.3 Å². The Balaban J connectivity index is 2.25. The van der Waals surface area contributed by atoms with Crippen LogP contribution in [0.3, 0.4) is 0 Å². The van der Waals surface area contributed by atoms with Crippen molar-refractivity contribution in [3.63, 3.8) is 0 Å². The van der Waals surface area contributed by atoms with Gasteiger partial charge >= 0.3 is 0 Å².